The number of hydrogen-bond acceptors (Lipinski definition) is 2. The van der Waals surface area contributed by atoms with Crippen LogP contribution in [0.3, 0.4) is 0 Å². The monoisotopic (exact) mass is 279 g/mol. The predicted octanol–water partition coefficient (Wildman–Crippen LogP) is 4.08. The molecule has 2 aromatic rings. The highest BCUT2D eigenvalue weighted by molar-refractivity contribution is 6.30. The molecular formula is C15H15ClFNO. The smallest absolute Gasteiger partial charge is 0.131 e. The molecule has 19 heavy (non-hydrogen) atoms. The van der Waals surface area contributed by atoms with E-state index in [4.69, 9.17) is 22.1 Å². The first kappa shape index (κ1) is 13.8. The van der Waals surface area contributed by atoms with Gasteiger partial charge in [0.1, 0.15) is 18.2 Å². The minimum Gasteiger partial charge on any atom is -0.488 e. The van der Waals surface area contributed by atoms with Crippen molar-refractivity contribution in [2.45, 2.75) is 19.6 Å². The Labute approximate surface area is 117 Å². The molecule has 0 aliphatic rings. The molecule has 4 heteroatoms. The van der Waals surface area contributed by atoms with Crippen LogP contribution in [0.4, 0.5) is 4.39 Å². The highest BCUT2D eigenvalue weighted by Gasteiger charge is 2.13. The van der Waals surface area contributed by atoms with E-state index < -0.39 is 6.04 Å². The van der Waals surface area contributed by atoms with Crippen molar-refractivity contribution in [1.82, 2.24) is 0 Å². The molecule has 0 aliphatic heterocycles. The van der Waals surface area contributed by atoms with Gasteiger partial charge < -0.3 is 10.5 Å². The minimum absolute atomic E-state index is 0.323. The van der Waals surface area contributed by atoms with Crippen molar-refractivity contribution in [3.63, 3.8) is 0 Å². The molecule has 0 radical (unpaired) electrons. The van der Waals surface area contributed by atoms with Crippen molar-refractivity contribution in [3.05, 3.63) is 64.4 Å². The Morgan fingerprint density at radius 2 is 2.00 bits per heavy atom. The lowest BCUT2D eigenvalue weighted by molar-refractivity contribution is 0.299. The van der Waals surface area contributed by atoms with Gasteiger partial charge in [0.05, 0.1) is 0 Å². The molecule has 0 amide bonds. The number of hydrogen-bond donors (Lipinski definition) is 1. The second-order valence-corrected chi connectivity index (χ2v) is 4.80. The van der Waals surface area contributed by atoms with Crippen molar-refractivity contribution in [3.8, 4) is 5.75 Å². The summed E-state index contributed by atoms with van der Waals surface area (Å²) in [4.78, 5) is 0. The van der Waals surface area contributed by atoms with Gasteiger partial charge >= 0.3 is 0 Å². The normalized spacial score (nSPS) is 12.2. The molecule has 0 fully saturated rings. The van der Waals surface area contributed by atoms with Crippen LogP contribution in [-0.2, 0) is 6.61 Å². The summed E-state index contributed by atoms with van der Waals surface area (Å²) in [5, 5.41) is 0.646. The first-order valence-corrected chi connectivity index (χ1v) is 6.37. The fourth-order valence-corrected chi connectivity index (χ4v) is 2.09. The summed E-state index contributed by atoms with van der Waals surface area (Å²) in [6.07, 6.45) is 0. The van der Waals surface area contributed by atoms with Crippen LogP contribution >= 0.6 is 11.6 Å². The van der Waals surface area contributed by atoms with E-state index in [0.29, 0.717) is 22.9 Å². The molecule has 2 N–H and O–H groups in total. The first-order valence-electron chi connectivity index (χ1n) is 5.99. The first-order chi connectivity index (χ1) is 9.08. The highest BCUT2D eigenvalue weighted by atomic mass is 35.5. The highest BCUT2D eigenvalue weighted by Crippen LogP contribution is 2.27. The molecule has 1 unspecified atom stereocenters. The van der Waals surface area contributed by atoms with Gasteiger partial charge in [-0.05, 0) is 36.8 Å². The van der Waals surface area contributed by atoms with Crippen LogP contribution < -0.4 is 10.5 Å². The predicted molar refractivity (Wildman–Crippen MR) is 74.8 cm³/mol. The molecule has 0 aromatic heterocycles. The van der Waals surface area contributed by atoms with Crippen LogP contribution in [0.15, 0.2) is 42.5 Å². The Hall–Kier alpha value is -1.58. The van der Waals surface area contributed by atoms with Gasteiger partial charge in [0, 0.05) is 16.6 Å². The van der Waals surface area contributed by atoms with E-state index in [2.05, 4.69) is 0 Å². The second kappa shape index (κ2) is 6.04. The van der Waals surface area contributed by atoms with E-state index in [1.165, 1.54) is 6.07 Å². The quantitative estimate of drug-likeness (QED) is 0.915. The largest absolute Gasteiger partial charge is 0.488 e. The maximum atomic E-state index is 13.7. The third kappa shape index (κ3) is 3.46. The van der Waals surface area contributed by atoms with E-state index in [-0.39, 0.29) is 5.82 Å². The average Bonchev–Trinajstić information content (AvgIpc) is 2.36. The van der Waals surface area contributed by atoms with Crippen molar-refractivity contribution in [2.24, 2.45) is 5.73 Å². The summed E-state index contributed by atoms with van der Waals surface area (Å²) in [6, 6.07) is 11.6. The maximum absolute atomic E-state index is 13.7. The van der Waals surface area contributed by atoms with Crippen LogP contribution in [0.1, 0.15) is 24.1 Å². The molecule has 0 saturated carbocycles. The van der Waals surface area contributed by atoms with Crippen LogP contribution in [0.2, 0.25) is 5.02 Å². The summed E-state index contributed by atoms with van der Waals surface area (Å²) in [5.41, 5.74) is 7.08. The fourth-order valence-electron chi connectivity index (χ4n) is 1.87. The molecule has 2 rings (SSSR count). The number of nitrogens with two attached hydrogens (primary N) is 1. The zero-order valence-electron chi connectivity index (χ0n) is 10.6. The zero-order chi connectivity index (χ0) is 13.8. The zero-order valence-corrected chi connectivity index (χ0v) is 11.3. The second-order valence-electron chi connectivity index (χ2n) is 4.36. The summed E-state index contributed by atoms with van der Waals surface area (Å²) >= 11 is 5.90. The molecule has 2 aromatic carbocycles. The van der Waals surface area contributed by atoms with Gasteiger partial charge in [0.25, 0.3) is 0 Å². The lowest BCUT2D eigenvalue weighted by Crippen LogP contribution is -2.10. The lowest BCUT2D eigenvalue weighted by Gasteiger charge is -2.14. The SMILES string of the molecule is CC(N)c1c(F)cccc1OCc1cccc(Cl)c1. The van der Waals surface area contributed by atoms with Crippen LogP contribution in [-0.4, -0.2) is 0 Å². The fraction of sp³-hybridized carbons (Fsp3) is 0.200. The Morgan fingerprint density at radius 1 is 1.26 bits per heavy atom. The van der Waals surface area contributed by atoms with Gasteiger partial charge in [-0.3, -0.25) is 0 Å². The van der Waals surface area contributed by atoms with E-state index in [1.807, 2.05) is 18.2 Å². The number of halogens is 2. The molecule has 0 spiro atoms. The maximum Gasteiger partial charge on any atom is 0.131 e. The molecule has 0 saturated heterocycles. The average molecular weight is 280 g/mol. The summed E-state index contributed by atoms with van der Waals surface area (Å²) in [7, 11) is 0. The summed E-state index contributed by atoms with van der Waals surface area (Å²) < 4.78 is 19.4. The number of benzene rings is 2. The van der Waals surface area contributed by atoms with E-state index in [0.717, 1.165) is 5.56 Å². The lowest BCUT2D eigenvalue weighted by atomic mass is 10.1. The molecule has 0 bridgehead atoms. The Balaban J connectivity index is 2.18. The summed E-state index contributed by atoms with van der Waals surface area (Å²) in [5.74, 6) is 0.119. The molecule has 100 valence electrons. The molecule has 0 heterocycles. The van der Waals surface area contributed by atoms with Crippen LogP contribution in [0.5, 0.6) is 5.75 Å². The van der Waals surface area contributed by atoms with Gasteiger partial charge in [-0.15, -0.1) is 0 Å². The summed E-state index contributed by atoms with van der Waals surface area (Å²) in [6.45, 7) is 2.05. The Bertz CT molecular complexity index is 572. The van der Waals surface area contributed by atoms with Crippen LogP contribution in [0, 0.1) is 5.82 Å². The number of ether oxygens (including phenoxy) is 1. The van der Waals surface area contributed by atoms with Crippen LogP contribution in [0.25, 0.3) is 0 Å². The van der Waals surface area contributed by atoms with Gasteiger partial charge in [-0.25, -0.2) is 4.39 Å². The molecule has 0 aliphatic carbocycles. The van der Waals surface area contributed by atoms with E-state index >= 15 is 0 Å². The van der Waals surface area contributed by atoms with Gasteiger partial charge in [0.15, 0.2) is 0 Å². The minimum atomic E-state index is -0.421. The molecule has 1 atom stereocenters. The molecular weight excluding hydrogens is 265 g/mol. The Kier molecular flexibility index (Phi) is 4.40. The van der Waals surface area contributed by atoms with Crippen molar-refractivity contribution < 1.29 is 9.13 Å². The van der Waals surface area contributed by atoms with Gasteiger partial charge in [-0.2, -0.15) is 0 Å². The van der Waals surface area contributed by atoms with Gasteiger partial charge in [-0.1, -0.05) is 29.8 Å². The van der Waals surface area contributed by atoms with Crippen molar-refractivity contribution >= 4 is 11.6 Å². The molecule has 2 nitrogen and oxygen atoms in total. The number of rotatable bonds is 4. The standard InChI is InChI=1S/C15H15ClFNO/c1-10(18)15-13(17)6-3-7-14(15)19-9-11-4-2-5-12(16)8-11/h2-8,10H,9,18H2,1H3. The Morgan fingerprint density at radius 3 is 2.68 bits per heavy atom. The van der Waals surface area contributed by atoms with E-state index in [1.54, 1.807) is 25.1 Å². The van der Waals surface area contributed by atoms with Gasteiger partial charge in [0.2, 0.25) is 0 Å². The third-order valence-corrected chi connectivity index (χ3v) is 2.99. The van der Waals surface area contributed by atoms with Crippen molar-refractivity contribution in [1.29, 1.82) is 0 Å². The third-order valence-electron chi connectivity index (χ3n) is 2.75. The van der Waals surface area contributed by atoms with Crippen molar-refractivity contribution in [2.75, 3.05) is 0 Å². The topological polar surface area (TPSA) is 35.2 Å². The van der Waals surface area contributed by atoms with E-state index in [9.17, 15) is 4.39 Å².